The van der Waals surface area contributed by atoms with Crippen molar-refractivity contribution in [3.63, 3.8) is 0 Å². The van der Waals surface area contributed by atoms with E-state index < -0.39 is 0 Å². The molecule has 1 aromatic carbocycles. The topological polar surface area (TPSA) is 54.5 Å². The number of hydrogen-bond donors (Lipinski definition) is 1. The number of aromatic nitrogens is 4. The van der Waals surface area contributed by atoms with Gasteiger partial charge in [-0.25, -0.2) is 0 Å². The van der Waals surface area contributed by atoms with Crippen molar-refractivity contribution in [1.29, 1.82) is 0 Å². The number of aryl methyl sites for hydroxylation is 1. The third-order valence-electron chi connectivity index (χ3n) is 3.90. The number of rotatable bonds is 5. The molecule has 0 bridgehead atoms. The Kier molecular flexibility index (Phi) is 5.67. The molecular formula is C18H18Cl2N4S. The largest absolute Gasteiger partial charge is 0.271 e. The van der Waals surface area contributed by atoms with Crippen molar-refractivity contribution in [2.45, 2.75) is 36.6 Å². The summed E-state index contributed by atoms with van der Waals surface area (Å²) in [6.45, 7) is 6.36. The first-order valence-electron chi connectivity index (χ1n) is 7.90. The van der Waals surface area contributed by atoms with Crippen LogP contribution in [0, 0.1) is 12.8 Å². The molecule has 0 aliphatic rings. The van der Waals surface area contributed by atoms with Crippen molar-refractivity contribution in [1.82, 2.24) is 20.2 Å². The minimum atomic E-state index is 0.101. The summed E-state index contributed by atoms with van der Waals surface area (Å²) in [6, 6.07) is 5.51. The zero-order chi connectivity index (χ0) is 18.0. The minimum Gasteiger partial charge on any atom is -0.271 e. The molecule has 7 heteroatoms. The van der Waals surface area contributed by atoms with Gasteiger partial charge in [0, 0.05) is 45.0 Å². The van der Waals surface area contributed by atoms with Gasteiger partial charge in [-0.05, 0) is 31.0 Å². The summed E-state index contributed by atoms with van der Waals surface area (Å²) in [4.78, 5) is 9.71. The second kappa shape index (κ2) is 7.77. The lowest BCUT2D eigenvalue weighted by atomic mass is 9.86. The van der Waals surface area contributed by atoms with Crippen LogP contribution in [0.5, 0.6) is 0 Å². The van der Waals surface area contributed by atoms with E-state index in [0.29, 0.717) is 16.0 Å². The first-order chi connectivity index (χ1) is 12.0. The summed E-state index contributed by atoms with van der Waals surface area (Å²) < 4.78 is 0. The fraction of sp³-hybridized carbons (Fsp3) is 0.278. The van der Waals surface area contributed by atoms with Crippen LogP contribution in [0.1, 0.15) is 36.7 Å². The lowest BCUT2D eigenvalue weighted by molar-refractivity contribution is 0.541. The Labute approximate surface area is 161 Å². The molecule has 1 atom stereocenters. The smallest absolute Gasteiger partial charge is 0.0997 e. The van der Waals surface area contributed by atoms with E-state index in [4.69, 9.17) is 23.2 Å². The molecule has 3 rings (SSSR count). The number of hydrogen-bond acceptors (Lipinski definition) is 4. The van der Waals surface area contributed by atoms with Crippen molar-refractivity contribution in [2.24, 2.45) is 5.92 Å². The molecule has 0 saturated heterocycles. The van der Waals surface area contributed by atoms with E-state index in [1.165, 1.54) is 0 Å². The van der Waals surface area contributed by atoms with Gasteiger partial charge < -0.3 is 0 Å². The maximum absolute atomic E-state index is 6.13. The van der Waals surface area contributed by atoms with E-state index in [2.05, 4.69) is 34.0 Å². The number of halogens is 2. The molecule has 2 heterocycles. The zero-order valence-corrected chi connectivity index (χ0v) is 16.5. The molecule has 0 radical (unpaired) electrons. The number of H-pyrrole nitrogens is 1. The highest BCUT2D eigenvalue weighted by molar-refractivity contribution is 7.99. The number of benzene rings is 1. The van der Waals surface area contributed by atoms with Crippen molar-refractivity contribution in [2.75, 3.05) is 0 Å². The fourth-order valence-corrected chi connectivity index (χ4v) is 4.60. The average Bonchev–Trinajstić information content (AvgIpc) is 2.88. The van der Waals surface area contributed by atoms with Gasteiger partial charge in [0.1, 0.15) is 0 Å². The van der Waals surface area contributed by atoms with Crippen LogP contribution in [-0.4, -0.2) is 20.2 Å². The Morgan fingerprint density at radius 2 is 1.80 bits per heavy atom. The summed E-state index contributed by atoms with van der Waals surface area (Å²) in [5.74, 6) is 0.444. The number of aromatic amines is 1. The third-order valence-corrected chi connectivity index (χ3v) is 5.32. The zero-order valence-electron chi connectivity index (χ0n) is 14.1. The number of nitrogens with zero attached hydrogens (tertiary/aromatic N) is 3. The molecule has 4 nitrogen and oxygen atoms in total. The second-order valence-electron chi connectivity index (χ2n) is 6.11. The Bertz CT molecular complexity index is 845. The van der Waals surface area contributed by atoms with Crippen LogP contribution in [0.15, 0.2) is 46.7 Å². The lowest BCUT2D eigenvalue weighted by Gasteiger charge is -2.21. The van der Waals surface area contributed by atoms with E-state index in [-0.39, 0.29) is 5.92 Å². The van der Waals surface area contributed by atoms with Gasteiger partial charge in [0.15, 0.2) is 0 Å². The molecule has 130 valence electrons. The first kappa shape index (κ1) is 18.2. The van der Waals surface area contributed by atoms with Crippen molar-refractivity contribution in [3.05, 3.63) is 63.8 Å². The SMILES string of the molecule is Cc1n[nH]c(Sc2cc(Cl)cc(Cl)c2)c1C(c1cnccn1)C(C)C. The molecule has 0 aliphatic heterocycles. The van der Waals surface area contributed by atoms with E-state index in [9.17, 15) is 0 Å². The molecule has 25 heavy (non-hydrogen) atoms. The van der Waals surface area contributed by atoms with Crippen LogP contribution in [0.3, 0.4) is 0 Å². The van der Waals surface area contributed by atoms with Crippen LogP contribution < -0.4 is 0 Å². The summed E-state index contributed by atoms with van der Waals surface area (Å²) >= 11 is 13.8. The quantitative estimate of drug-likeness (QED) is 0.599. The van der Waals surface area contributed by atoms with E-state index in [0.717, 1.165) is 26.9 Å². The van der Waals surface area contributed by atoms with Gasteiger partial charge >= 0.3 is 0 Å². The second-order valence-corrected chi connectivity index (χ2v) is 8.07. The summed E-state index contributed by atoms with van der Waals surface area (Å²) in [5.41, 5.74) is 3.03. The molecular weight excluding hydrogens is 375 g/mol. The molecule has 1 unspecified atom stereocenters. The average molecular weight is 393 g/mol. The van der Waals surface area contributed by atoms with Gasteiger partial charge in [-0.1, -0.05) is 48.8 Å². The molecule has 0 fully saturated rings. The monoisotopic (exact) mass is 392 g/mol. The van der Waals surface area contributed by atoms with E-state index in [1.54, 1.807) is 30.2 Å². The Morgan fingerprint density at radius 3 is 2.40 bits per heavy atom. The lowest BCUT2D eigenvalue weighted by Crippen LogP contribution is -2.12. The maximum atomic E-state index is 6.13. The highest BCUT2D eigenvalue weighted by Crippen LogP contribution is 2.40. The van der Waals surface area contributed by atoms with Crippen LogP contribution in [0.4, 0.5) is 0 Å². The van der Waals surface area contributed by atoms with E-state index >= 15 is 0 Å². The van der Waals surface area contributed by atoms with Crippen molar-refractivity contribution < 1.29 is 0 Å². The Hall–Kier alpha value is -1.56. The predicted molar refractivity (Wildman–Crippen MR) is 103 cm³/mol. The van der Waals surface area contributed by atoms with Crippen LogP contribution in [-0.2, 0) is 0 Å². The molecule has 1 N–H and O–H groups in total. The van der Waals surface area contributed by atoms with Crippen molar-refractivity contribution >= 4 is 35.0 Å². The van der Waals surface area contributed by atoms with Gasteiger partial charge in [0.05, 0.1) is 16.4 Å². The van der Waals surface area contributed by atoms with Crippen molar-refractivity contribution in [3.8, 4) is 0 Å². The Balaban J connectivity index is 2.03. The highest BCUT2D eigenvalue weighted by atomic mass is 35.5. The van der Waals surface area contributed by atoms with Gasteiger partial charge in [-0.2, -0.15) is 5.10 Å². The third kappa shape index (κ3) is 4.17. The normalized spacial score (nSPS) is 12.6. The maximum Gasteiger partial charge on any atom is 0.0997 e. The molecule has 0 spiro atoms. The van der Waals surface area contributed by atoms with Crippen LogP contribution in [0.2, 0.25) is 10.0 Å². The molecule has 0 aliphatic carbocycles. The predicted octanol–water partition coefficient (Wildman–Crippen LogP) is 5.75. The minimum absolute atomic E-state index is 0.101. The first-order valence-corrected chi connectivity index (χ1v) is 9.47. The number of nitrogens with one attached hydrogen (secondary N) is 1. The van der Waals surface area contributed by atoms with Gasteiger partial charge in [0.2, 0.25) is 0 Å². The summed E-state index contributed by atoms with van der Waals surface area (Å²) in [6.07, 6.45) is 5.23. The fourth-order valence-electron chi connectivity index (χ4n) is 2.86. The summed E-state index contributed by atoms with van der Waals surface area (Å²) in [7, 11) is 0. The Morgan fingerprint density at radius 1 is 1.08 bits per heavy atom. The molecule has 2 aromatic heterocycles. The van der Waals surface area contributed by atoms with E-state index in [1.807, 2.05) is 25.3 Å². The van der Waals surface area contributed by atoms with Gasteiger partial charge in [0.25, 0.3) is 0 Å². The summed E-state index contributed by atoms with van der Waals surface area (Å²) in [5, 5.41) is 9.77. The standard InChI is InChI=1S/C18H18Cl2N4S/c1-10(2)16(15-9-21-4-5-22-15)17-11(3)23-24-18(17)25-14-7-12(19)6-13(20)8-14/h4-10,16H,1-3H3,(H,23,24). The van der Waals surface area contributed by atoms with Crippen LogP contribution in [0.25, 0.3) is 0 Å². The molecule has 0 amide bonds. The van der Waals surface area contributed by atoms with Gasteiger partial charge in [-0.3, -0.25) is 15.1 Å². The van der Waals surface area contributed by atoms with Gasteiger partial charge in [-0.15, -0.1) is 0 Å². The molecule has 3 aromatic rings. The van der Waals surface area contributed by atoms with Crippen LogP contribution >= 0.6 is 35.0 Å². The molecule has 0 saturated carbocycles. The highest BCUT2D eigenvalue weighted by Gasteiger charge is 2.27.